The molecule has 1 atom stereocenters. The van der Waals surface area contributed by atoms with Crippen LogP contribution in [0.25, 0.3) is 0 Å². The Labute approximate surface area is 145 Å². The summed E-state index contributed by atoms with van der Waals surface area (Å²) in [5.41, 5.74) is 2.02. The smallest absolute Gasteiger partial charge is 0.186 e. The topological polar surface area (TPSA) is 29.5 Å². The van der Waals surface area contributed by atoms with Crippen LogP contribution in [0.4, 0.5) is 0 Å². The van der Waals surface area contributed by atoms with E-state index in [0.29, 0.717) is 12.4 Å². The molecule has 0 fully saturated rings. The van der Waals surface area contributed by atoms with Crippen LogP contribution in [0.15, 0.2) is 59.6 Å². The molecule has 0 saturated heterocycles. The first-order chi connectivity index (χ1) is 11.0. The number of thioether (sulfide) groups is 1. The predicted molar refractivity (Wildman–Crippen MR) is 102 cm³/mol. The second-order valence-corrected chi connectivity index (χ2v) is 6.93. The summed E-state index contributed by atoms with van der Waals surface area (Å²) >= 11 is 1.69. The second-order valence-electron chi connectivity index (χ2n) is 5.78. The molecule has 1 unspecified atom stereocenters. The average Bonchev–Trinajstić information content (AvgIpc) is 2.52. The maximum absolute atomic E-state index is 10.6. The number of hydrogen-bond donors (Lipinski definition) is 1. The van der Waals surface area contributed by atoms with Crippen LogP contribution in [0, 0.1) is 0 Å². The number of allylic oxidation sites excluding steroid dienone is 7. The summed E-state index contributed by atoms with van der Waals surface area (Å²) in [6.07, 6.45) is 15.7. The van der Waals surface area contributed by atoms with Gasteiger partial charge in [0.05, 0.1) is 0 Å². The lowest BCUT2D eigenvalue weighted by Gasteiger charge is -2.27. The minimum atomic E-state index is -1.24. The van der Waals surface area contributed by atoms with Gasteiger partial charge in [0, 0.05) is 12.4 Å². The van der Waals surface area contributed by atoms with E-state index in [-0.39, 0.29) is 0 Å². The van der Waals surface area contributed by atoms with Crippen molar-refractivity contribution in [1.82, 2.24) is 0 Å². The predicted octanol–water partition coefficient (Wildman–Crippen LogP) is 5.54. The Kier molecular flexibility index (Phi) is 9.30. The highest BCUT2D eigenvalue weighted by molar-refractivity contribution is 8.03. The van der Waals surface area contributed by atoms with E-state index in [0.717, 1.165) is 48.2 Å². The van der Waals surface area contributed by atoms with Gasteiger partial charge in [0.2, 0.25) is 0 Å². The Morgan fingerprint density at radius 1 is 1.48 bits per heavy atom. The standard InChI is InChI=1S/C20H30O2S/c1-5-7-9-12-17(3)23-16-19(20(4,21)22-6-2)15-18-13-10-8-11-14-18/h5,10,13-15,21H,1,3,6-9,11-12,16H2,2,4H3/b19-15+. The first kappa shape index (κ1) is 20.0. The van der Waals surface area contributed by atoms with Crippen molar-refractivity contribution in [3.63, 3.8) is 0 Å². The summed E-state index contributed by atoms with van der Waals surface area (Å²) in [6.45, 7) is 12.0. The fourth-order valence-electron chi connectivity index (χ4n) is 2.32. The minimum absolute atomic E-state index is 0.476. The van der Waals surface area contributed by atoms with Crippen molar-refractivity contribution >= 4 is 11.8 Å². The van der Waals surface area contributed by atoms with Gasteiger partial charge in [0.15, 0.2) is 5.79 Å². The van der Waals surface area contributed by atoms with Crippen LogP contribution < -0.4 is 0 Å². The lowest BCUT2D eigenvalue weighted by atomic mass is 10.0. The van der Waals surface area contributed by atoms with Crippen molar-refractivity contribution in [3.05, 3.63) is 59.6 Å². The molecule has 0 aromatic heterocycles. The third-order valence-corrected chi connectivity index (χ3v) is 4.75. The maximum atomic E-state index is 10.6. The lowest BCUT2D eigenvalue weighted by molar-refractivity contribution is -0.157. The number of aliphatic hydroxyl groups is 1. The van der Waals surface area contributed by atoms with Crippen LogP contribution in [0.1, 0.15) is 46.0 Å². The van der Waals surface area contributed by atoms with E-state index in [9.17, 15) is 5.11 Å². The highest BCUT2D eigenvalue weighted by atomic mass is 32.2. The lowest BCUT2D eigenvalue weighted by Crippen LogP contribution is -2.32. The van der Waals surface area contributed by atoms with Crippen LogP contribution in [0.3, 0.4) is 0 Å². The zero-order chi connectivity index (χ0) is 17.1. The largest absolute Gasteiger partial charge is 0.362 e. The van der Waals surface area contributed by atoms with Gasteiger partial charge in [-0.05, 0) is 68.1 Å². The molecule has 0 heterocycles. The van der Waals surface area contributed by atoms with Crippen LogP contribution in [0.5, 0.6) is 0 Å². The Morgan fingerprint density at radius 3 is 2.87 bits per heavy atom. The third kappa shape index (κ3) is 7.87. The van der Waals surface area contributed by atoms with Gasteiger partial charge in [-0.1, -0.05) is 30.9 Å². The molecule has 23 heavy (non-hydrogen) atoms. The van der Waals surface area contributed by atoms with E-state index in [2.05, 4.69) is 37.5 Å². The summed E-state index contributed by atoms with van der Waals surface area (Å²) in [6, 6.07) is 0. The Bertz CT molecular complexity index is 484. The normalized spacial score (nSPS) is 17.5. The van der Waals surface area contributed by atoms with Gasteiger partial charge in [-0.3, -0.25) is 0 Å². The van der Waals surface area contributed by atoms with Gasteiger partial charge >= 0.3 is 0 Å². The highest BCUT2D eigenvalue weighted by Gasteiger charge is 2.26. The van der Waals surface area contributed by atoms with Crippen molar-refractivity contribution in [2.75, 3.05) is 12.4 Å². The molecule has 128 valence electrons. The fourth-order valence-corrected chi connectivity index (χ4v) is 3.32. The zero-order valence-corrected chi connectivity index (χ0v) is 15.3. The van der Waals surface area contributed by atoms with Gasteiger partial charge in [0.1, 0.15) is 0 Å². The van der Waals surface area contributed by atoms with Gasteiger partial charge in [0.25, 0.3) is 0 Å². The molecule has 0 amide bonds. The molecule has 0 saturated carbocycles. The third-order valence-electron chi connectivity index (χ3n) is 3.68. The first-order valence-electron chi connectivity index (χ1n) is 8.35. The van der Waals surface area contributed by atoms with Crippen molar-refractivity contribution in [2.45, 2.75) is 51.7 Å². The van der Waals surface area contributed by atoms with E-state index >= 15 is 0 Å². The van der Waals surface area contributed by atoms with E-state index in [4.69, 9.17) is 4.74 Å². The molecule has 0 bridgehead atoms. The minimum Gasteiger partial charge on any atom is -0.362 e. The fraction of sp³-hybridized carbons (Fsp3) is 0.500. The number of unbranched alkanes of at least 4 members (excludes halogenated alkanes) is 1. The summed E-state index contributed by atoms with van der Waals surface area (Å²) in [5, 5.41) is 10.6. The molecule has 3 heteroatoms. The molecule has 1 aliphatic rings. The van der Waals surface area contributed by atoms with Crippen LogP contribution in [-0.4, -0.2) is 23.3 Å². The molecule has 1 N–H and O–H groups in total. The average molecular weight is 335 g/mol. The van der Waals surface area contributed by atoms with Gasteiger partial charge < -0.3 is 9.84 Å². The Hall–Kier alpha value is -1.03. The molecule has 0 aromatic rings. The van der Waals surface area contributed by atoms with Crippen molar-refractivity contribution < 1.29 is 9.84 Å². The van der Waals surface area contributed by atoms with Crippen molar-refractivity contribution in [3.8, 4) is 0 Å². The molecule has 1 rings (SSSR count). The number of rotatable bonds is 11. The SMILES string of the molecule is C=CCCCC(=C)SC/C(=C\C1=CCCC=C1)C(C)(O)OCC. The molecule has 1 aliphatic carbocycles. The van der Waals surface area contributed by atoms with Crippen LogP contribution in [0.2, 0.25) is 0 Å². The monoisotopic (exact) mass is 334 g/mol. The van der Waals surface area contributed by atoms with Gasteiger partial charge in [-0.2, -0.15) is 0 Å². The Balaban J connectivity index is 2.73. The molecule has 0 radical (unpaired) electrons. The second kappa shape index (κ2) is 10.7. The summed E-state index contributed by atoms with van der Waals surface area (Å²) in [7, 11) is 0. The van der Waals surface area contributed by atoms with Crippen LogP contribution >= 0.6 is 11.8 Å². The van der Waals surface area contributed by atoms with Gasteiger partial charge in [-0.25, -0.2) is 0 Å². The quantitative estimate of drug-likeness (QED) is 0.306. The molecular formula is C20H30O2S. The molecule has 0 aromatic carbocycles. The van der Waals surface area contributed by atoms with Crippen molar-refractivity contribution in [2.24, 2.45) is 0 Å². The van der Waals surface area contributed by atoms with E-state index in [1.165, 1.54) is 0 Å². The van der Waals surface area contributed by atoms with E-state index < -0.39 is 5.79 Å². The zero-order valence-electron chi connectivity index (χ0n) is 14.5. The molecule has 2 nitrogen and oxygen atoms in total. The maximum Gasteiger partial charge on any atom is 0.186 e. The highest BCUT2D eigenvalue weighted by Crippen LogP contribution is 2.29. The number of hydrogen-bond acceptors (Lipinski definition) is 3. The first-order valence-corrected chi connectivity index (χ1v) is 9.33. The summed E-state index contributed by atoms with van der Waals surface area (Å²) in [4.78, 5) is 1.14. The summed E-state index contributed by atoms with van der Waals surface area (Å²) in [5.74, 6) is -0.555. The number of ether oxygens (including phenoxy) is 1. The van der Waals surface area contributed by atoms with Crippen molar-refractivity contribution in [1.29, 1.82) is 0 Å². The molecule has 0 aliphatic heterocycles. The summed E-state index contributed by atoms with van der Waals surface area (Å²) < 4.78 is 5.54. The molecule has 0 spiro atoms. The van der Waals surface area contributed by atoms with E-state index in [1.54, 1.807) is 18.7 Å². The Morgan fingerprint density at radius 2 is 2.26 bits per heavy atom. The van der Waals surface area contributed by atoms with Gasteiger partial charge in [-0.15, -0.1) is 18.3 Å². The van der Waals surface area contributed by atoms with Crippen LogP contribution in [-0.2, 0) is 4.74 Å². The van der Waals surface area contributed by atoms with E-state index in [1.807, 2.05) is 13.0 Å². The molecular weight excluding hydrogens is 304 g/mol.